The lowest BCUT2D eigenvalue weighted by Gasteiger charge is -2.03. The average Bonchev–Trinajstić information content (AvgIpc) is 2.82. The second-order valence-corrected chi connectivity index (χ2v) is 3.92. The van der Waals surface area contributed by atoms with E-state index in [1.165, 1.54) is 18.5 Å². The van der Waals surface area contributed by atoms with Crippen molar-refractivity contribution in [2.45, 2.75) is 6.54 Å². The Morgan fingerprint density at radius 3 is 2.94 bits per heavy atom. The maximum atomic E-state index is 11.7. The second-order valence-electron chi connectivity index (χ2n) is 3.16. The number of nitrogens with one attached hydrogen (secondary N) is 1. The molecule has 0 fully saturated rings. The number of pyridine rings is 1. The summed E-state index contributed by atoms with van der Waals surface area (Å²) >= 11 is 11.4. The molecule has 0 spiro atoms. The summed E-state index contributed by atoms with van der Waals surface area (Å²) < 4.78 is 4.84. The smallest absolute Gasteiger partial charge is 0.253 e. The quantitative estimate of drug-likeness (QED) is 0.870. The molecular formula is C10H7Cl2N3O2. The molecule has 0 aliphatic carbocycles. The van der Waals surface area contributed by atoms with Gasteiger partial charge in [0.2, 0.25) is 0 Å². The number of hydrogen-bond acceptors (Lipinski definition) is 4. The molecule has 2 heterocycles. The lowest BCUT2D eigenvalue weighted by atomic mass is 10.2. The number of hydrogen-bond donors (Lipinski definition) is 1. The van der Waals surface area contributed by atoms with E-state index in [0.717, 1.165) is 0 Å². The minimum Gasteiger partial charge on any atom is -0.360 e. The molecule has 0 saturated carbocycles. The second kappa shape index (κ2) is 5.16. The Morgan fingerprint density at radius 1 is 1.47 bits per heavy atom. The maximum Gasteiger partial charge on any atom is 0.253 e. The average molecular weight is 272 g/mol. The molecule has 0 unspecified atom stereocenters. The van der Waals surface area contributed by atoms with Gasteiger partial charge < -0.3 is 9.84 Å². The summed E-state index contributed by atoms with van der Waals surface area (Å²) in [6, 6.07) is 3.11. The van der Waals surface area contributed by atoms with Crippen LogP contribution in [0, 0.1) is 0 Å². The Hall–Kier alpha value is -1.59. The number of carbonyl (C=O) groups excluding carboxylic acids is 1. The van der Waals surface area contributed by atoms with Crippen molar-refractivity contribution in [3.8, 4) is 0 Å². The van der Waals surface area contributed by atoms with Crippen LogP contribution in [-0.4, -0.2) is 16.0 Å². The molecule has 0 aliphatic rings. The van der Waals surface area contributed by atoms with E-state index in [9.17, 15) is 4.79 Å². The van der Waals surface area contributed by atoms with Crippen LogP contribution in [-0.2, 0) is 6.54 Å². The van der Waals surface area contributed by atoms with E-state index in [1.54, 1.807) is 6.07 Å². The number of amides is 1. The van der Waals surface area contributed by atoms with Crippen molar-refractivity contribution in [2.75, 3.05) is 0 Å². The number of aromatic nitrogens is 2. The molecule has 1 amide bonds. The first-order valence-electron chi connectivity index (χ1n) is 4.65. The molecule has 0 bridgehead atoms. The van der Waals surface area contributed by atoms with E-state index < -0.39 is 0 Å². The van der Waals surface area contributed by atoms with Gasteiger partial charge in [-0.05, 0) is 6.07 Å². The van der Waals surface area contributed by atoms with Crippen LogP contribution < -0.4 is 5.32 Å². The Morgan fingerprint density at radius 2 is 2.29 bits per heavy atom. The Labute approximate surface area is 107 Å². The number of carbonyl (C=O) groups is 1. The molecule has 0 saturated heterocycles. The molecule has 7 heteroatoms. The summed E-state index contributed by atoms with van der Waals surface area (Å²) in [6.45, 7) is 0.249. The van der Waals surface area contributed by atoms with Crippen LogP contribution in [0.3, 0.4) is 0 Å². The number of nitrogens with zero attached hydrogens (tertiary/aromatic N) is 2. The van der Waals surface area contributed by atoms with E-state index in [1.807, 2.05) is 0 Å². The first-order chi connectivity index (χ1) is 8.16. The van der Waals surface area contributed by atoms with Gasteiger partial charge in [-0.1, -0.05) is 28.4 Å². The third-order valence-electron chi connectivity index (χ3n) is 1.97. The first-order valence-corrected chi connectivity index (χ1v) is 5.41. The maximum absolute atomic E-state index is 11.7. The van der Waals surface area contributed by atoms with Gasteiger partial charge in [0.15, 0.2) is 5.76 Å². The predicted octanol–water partition coefficient (Wildman–Crippen LogP) is 2.31. The molecule has 17 heavy (non-hydrogen) atoms. The zero-order valence-electron chi connectivity index (χ0n) is 8.48. The topological polar surface area (TPSA) is 68.0 Å². The monoisotopic (exact) mass is 271 g/mol. The molecular weight excluding hydrogens is 265 g/mol. The fraction of sp³-hybridized carbons (Fsp3) is 0.100. The third-order valence-corrected chi connectivity index (χ3v) is 2.66. The molecule has 1 N–H and O–H groups in total. The van der Waals surface area contributed by atoms with Gasteiger partial charge in [0, 0.05) is 12.3 Å². The summed E-state index contributed by atoms with van der Waals surface area (Å²) in [7, 11) is 0. The van der Waals surface area contributed by atoms with Crippen LogP contribution in [0.25, 0.3) is 0 Å². The van der Waals surface area contributed by atoms with Crippen LogP contribution in [0.4, 0.5) is 0 Å². The molecule has 2 aromatic heterocycles. The van der Waals surface area contributed by atoms with Gasteiger partial charge in [0.1, 0.15) is 5.15 Å². The van der Waals surface area contributed by atoms with Crippen molar-refractivity contribution >= 4 is 29.1 Å². The van der Waals surface area contributed by atoms with E-state index in [0.29, 0.717) is 11.3 Å². The number of rotatable bonds is 3. The van der Waals surface area contributed by atoms with Gasteiger partial charge in [-0.2, -0.15) is 0 Å². The van der Waals surface area contributed by atoms with Gasteiger partial charge in [0.25, 0.3) is 5.91 Å². The molecule has 2 aromatic rings. The highest BCUT2D eigenvalue weighted by atomic mass is 35.5. The van der Waals surface area contributed by atoms with Crippen molar-refractivity contribution in [2.24, 2.45) is 0 Å². The number of halogens is 2. The highest BCUT2D eigenvalue weighted by Crippen LogP contribution is 2.19. The van der Waals surface area contributed by atoms with Crippen LogP contribution in [0.1, 0.15) is 16.1 Å². The summed E-state index contributed by atoms with van der Waals surface area (Å²) in [6.07, 6.45) is 2.85. The molecule has 0 aromatic carbocycles. The SMILES string of the molecule is O=C(NCc1ccno1)c1cnc(Cl)c(Cl)c1. The lowest BCUT2D eigenvalue weighted by molar-refractivity contribution is 0.0946. The highest BCUT2D eigenvalue weighted by molar-refractivity contribution is 6.41. The van der Waals surface area contributed by atoms with E-state index >= 15 is 0 Å². The summed E-state index contributed by atoms with van der Waals surface area (Å²) in [5, 5.41) is 6.56. The van der Waals surface area contributed by atoms with Crippen LogP contribution >= 0.6 is 23.2 Å². The minimum absolute atomic E-state index is 0.165. The normalized spacial score (nSPS) is 10.2. The van der Waals surface area contributed by atoms with Gasteiger partial charge >= 0.3 is 0 Å². The largest absolute Gasteiger partial charge is 0.360 e. The van der Waals surface area contributed by atoms with E-state index in [2.05, 4.69) is 15.5 Å². The fourth-order valence-electron chi connectivity index (χ4n) is 1.15. The minimum atomic E-state index is -0.313. The van der Waals surface area contributed by atoms with Crippen molar-refractivity contribution in [1.29, 1.82) is 0 Å². The van der Waals surface area contributed by atoms with Crippen molar-refractivity contribution in [1.82, 2.24) is 15.5 Å². The van der Waals surface area contributed by atoms with Crippen molar-refractivity contribution in [3.05, 3.63) is 46.0 Å². The van der Waals surface area contributed by atoms with Crippen molar-refractivity contribution in [3.63, 3.8) is 0 Å². The zero-order chi connectivity index (χ0) is 12.3. The molecule has 0 aliphatic heterocycles. The van der Waals surface area contributed by atoms with Crippen LogP contribution in [0.5, 0.6) is 0 Å². The van der Waals surface area contributed by atoms with Gasteiger partial charge in [-0.25, -0.2) is 4.98 Å². The predicted molar refractivity (Wildman–Crippen MR) is 61.9 cm³/mol. The highest BCUT2D eigenvalue weighted by Gasteiger charge is 2.09. The molecule has 5 nitrogen and oxygen atoms in total. The fourth-order valence-corrected chi connectivity index (χ4v) is 1.42. The first kappa shape index (κ1) is 11.9. The molecule has 0 atom stereocenters. The van der Waals surface area contributed by atoms with Gasteiger partial charge in [-0.15, -0.1) is 0 Å². The van der Waals surface area contributed by atoms with Gasteiger partial charge in [-0.3, -0.25) is 4.79 Å². The summed E-state index contributed by atoms with van der Waals surface area (Å²) in [5.74, 6) is 0.249. The summed E-state index contributed by atoms with van der Waals surface area (Å²) in [4.78, 5) is 15.5. The summed E-state index contributed by atoms with van der Waals surface area (Å²) in [5.41, 5.74) is 0.332. The lowest BCUT2D eigenvalue weighted by Crippen LogP contribution is -2.22. The third kappa shape index (κ3) is 2.95. The van der Waals surface area contributed by atoms with Crippen LogP contribution in [0.15, 0.2) is 29.0 Å². The Kier molecular flexibility index (Phi) is 3.61. The zero-order valence-corrected chi connectivity index (χ0v) is 10.00. The standard InChI is InChI=1S/C10H7Cl2N3O2/c11-8-3-6(4-13-9(8)12)10(16)14-5-7-1-2-15-17-7/h1-4H,5H2,(H,14,16). The Bertz CT molecular complexity index is 528. The molecule has 2 rings (SSSR count). The van der Waals surface area contributed by atoms with Crippen LogP contribution in [0.2, 0.25) is 10.2 Å². The van der Waals surface area contributed by atoms with E-state index in [-0.39, 0.29) is 22.6 Å². The molecule has 0 radical (unpaired) electrons. The Balaban J connectivity index is 2.02. The van der Waals surface area contributed by atoms with E-state index in [4.69, 9.17) is 27.7 Å². The van der Waals surface area contributed by atoms with Gasteiger partial charge in [0.05, 0.1) is 23.3 Å². The molecule has 88 valence electrons. The van der Waals surface area contributed by atoms with Crippen molar-refractivity contribution < 1.29 is 9.32 Å².